The first-order valence-corrected chi connectivity index (χ1v) is 11.2. The monoisotopic (exact) mass is 431 g/mol. The SMILES string of the molecule is Cc1sc2nc(CCC(=O)N(Cc3ccccc3)Cc3ccccc3)[nH]c(=O)c2c1C. The first-order valence-electron chi connectivity index (χ1n) is 10.4. The third-order valence-electron chi connectivity index (χ3n) is 5.45. The number of aryl methyl sites for hydroxylation is 3. The smallest absolute Gasteiger partial charge is 0.259 e. The second kappa shape index (κ2) is 9.27. The molecule has 6 heteroatoms. The molecule has 2 aromatic carbocycles. The van der Waals surface area contributed by atoms with Gasteiger partial charge in [-0.15, -0.1) is 11.3 Å². The molecule has 31 heavy (non-hydrogen) atoms. The molecule has 0 atom stereocenters. The summed E-state index contributed by atoms with van der Waals surface area (Å²) in [5.74, 6) is 0.598. The normalized spacial score (nSPS) is 11.0. The summed E-state index contributed by atoms with van der Waals surface area (Å²) in [6.45, 7) is 5.02. The molecule has 0 aliphatic carbocycles. The molecule has 4 rings (SSSR count). The van der Waals surface area contributed by atoms with Crippen LogP contribution < -0.4 is 5.56 Å². The lowest BCUT2D eigenvalue weighted by molar-refractivity contribution is -0.132. The molecule has 2 heterocycles. The second-order valence-electron chi connectivity index (χ2n) is 7.70. The topological polar surface area (TPSA) is 66.1 Å². The van der Waals surface area contributed by atoms with E-state index in [9.17, 15) is 9.59 Å². The van der Waals surface area contributed by atoms with E-state index in [1.165, 1.54) is 11.3 Å². The van der Waals surface area contributed by atoms with Gasteiger partial charge in [-0.05, 0) is 30.5 Å². The van der Waals surface area contributed by atoms with Gasteiger partial charge in [0.2, 0.25) is 5.91 Å². The lowest BCUT2D eigenvalue weighted by atomic mass is 10.1. The van der Waals surface area contributed by atoms with Crippen molar-refractivity contribution in [3.63, 3.8) is 0 Å². The average molecular weight is 432 g/mol. The van der Waals surface area contributed by atoms with E-state index in [-0.39, 0.29) is 17.9 Å². The number of thiophene rings is 1. The first kappa shape index (κ1) is 21.0. The lowest BCUT2D eigenvalue weighted by Crippen LogP contribution is -2.30. The van der Waals surface area contributed by atoms with Crippen LogP contribution in [0.5, 0.6) is 0 Å². The number of carbonyl (C=O) groups excluding carboxylic acids is 1. The predicted molar refractivity (Wildman–Crippen MR) is 125 cm³/mol. The molecular weight excluding hydrogens is 406 g/mol. The molecule has 158 valence electrons. The number of amides is 1. The van der Waals surface area contributed by atoms with Crippen LogP contribution in [0.4, 0.5) is 0 Å². The van der Waals surface area contributed by atoms with Crippen LogP contribution in [0.3, 0.4) is 0 Å². The zero-order chi connectivity index (χ0) is 21.8. The van der Waals surface area contributed by atoms with Crippen LogP contribution in [0, 0.1) is 13.8 Å². The number of hydrogen-bond donors (Lipinski definition) is 1. The number of aromatic amines is 1. The third-order valence-corrected chi connectivity index (χ3v) is 6.55. The zero-order valence-electron chi connectivity index (χ0n) is 17.7. The van der Waals surface area contributed by atoms with Crippen molar-refractivity contribution < 1.29 is 4.79 Å². The van der Waals surface area contributed by atoms with Crippen molar-refractivity contribution in [1.82, 2.24) is 14.9 Å². The average Bonchev–Trinajstić information content (AvgIpc) is 3.07. The van der Waals surface area contributed by atoms with Crippen LogP contribution in [0.15, 0.2) is 65.5 Å². The molecule has 0 saturated carbocycles. The summed E-state index contributed by atoms with van der Waals surface area (Å²) in [7, 11) is 0. The highest BCUT2D eigenvalue weighted by molar-refractivity contribution is 7.18. The molecule has 0 aliphatic rings. The molecule has 0 spiro atoms. The Morgan fingerprint density at radius 2 is 1.55 bits per heavy atom. The van der Waals surface area contributed by atoms with Crippen molar-refractivity contribution in [3.05, 3.63) is 98.4 Å². The Kier molecular flexibility index (Phi) is 6.28. The van der Waals surface area contributed by atoms with E-state index >= 15 is 0 Å². The maximum Gasteiger partial charge on any atom is 0.259 e. The van der Waals surface area contributed by atoms with Gasteiger partial charge in [0, 0.05) is 30.8 Å². The number of hydrogen-bond acceptors (Lipinski definition) is 4. The van der Waals surface area contributed by atoms with Gasteiger partial charge in [-0.3, -0.25) is 9.59 Å². The van der Waals surface area contributed by atoms with Gasteiger partial charge in [0.1, 0.15) is 10.7 Å². The van der Waals surface area contributed by atoms with E-state index in [2.05, 4.69) is 9.97 Å². The Morgan fingerprint density at radius 3 is 2.13 bits per heavy atom. The Hall–Kier alpha value is -3.25. The summed E-state index contributed by atoms with van der Waals surface area (Å²) in [6, 6.07) is 20.0. The molecule has 0 aliphatic heterocycles. The largest absolute Gasteiger partial charge is 0.334 e. The minimum atomic E-state index is -0.125. The Morgan fingerprint density at radius 1 is 0.968 bits per heavy atom. The fourth-order valence-corrected chi connectivity index (χ4v) is 4.69. The molecule has 5 nitrogen and oxygen atoms in total. The molecule has 2 aromatic heterocycles. The second-order valence-corrected chi connectivity index (χ2v) is 8.90. The molecule has 0 unspecified atom stereocenters. The molecule has 1 N–H and O–H groups in total. The van der Waals surface area contributed by atoms with Crippen LogP contribution in [-0.2, 0) is 24.3 Å². The summed E-state index contributed by atoms with van der Waals surface area (Å²) in [5, 5.41) is 0.660. The van der Waals surface area contributed by atoms with Crippen LogP contribution in [-0.4, -0.2) is 20.8 Å². The van der Waals surface area contributed by atoms with Gasteiger partial charge in [-0.1, -0.05) is 60.7 Å². The van der Waals surface area contributed by atoms with Crippen molar-refractivity contribution >= 4 is 27.5 Å². The maximum absolute atomic E-state index is 13.1. The van der Waals surface area contributed by atoms with E-state index in [1.54, 1.807) is 0 Å². The number of rotatable bonds is 7. The third kappa shape index (κ3) is 4.91. The molecular formula is C25H25N3O2S. The lowest BCUT2D eigenvalue weighted by Gasteiger charge is -2.23. The molecule has 0 fully saturated rings. The number of nitrogens with one attached hydrogen (secondary N) is 1. The molecule has 1 amide bonds. The van der Waals surface area contributed by atoms with Crippen molar-refractivity contribution in [1.29, 1.82) is 0 Å². The van der Waals surface area contributed by atoms with Gasteiger partial charge in [0.15, 0.2) is 0 Å². The summed E-state index contributed by atoms with van der Waals surface area (Å²) in [5.41, 5.74) is 3.03. The minimum absolute atomic E-state index is 0.0361. The summed E-state index contributed by atoms with van der Waals surface area (Å²) >= 11 is 1.52. The van der Waals surface area contributed by atoms with Crippen LogP contribution in [0.2, 0.25) is 0 Å². The fourth-order valence-electron chi connectivity index (χ4n) is 3.64. The van der Waals surface area contributed by atoms with Crippen molar-refractivity contribution in [2.75, 3.05) is 0 Å². The summed E-state index contributed by atoms with van der Waals surface area (Å²) < 4.78 is 0. The number of benzene rings is 2. The number of fused-ring (bicyclic) bond motifs is 1. The number of H-pyrrole nitrogens is 1. The number of carbonyl (C=O) groups is 1. The van der Waals surface area contributed by atoms with E-state index in [4.69, 9.17) is 0 Å². The van der Waals surface area contributed by atoms with Crippen LogP contribution in [0.25, 0.3) is 10.2 Å². The van der Waals surface area contributed by atoms with Crippen LogP contribution in [0.1, 0.15) is 33.8 Å². The van der Waals surface area contributed by atoms with Crippen molar-refractivity contribution in [2.24, 2.45) is 0 Å². The number of nitrogens with zero attached hydrogens (tertiary/aromatic N) is 2. The minimum Gasteiger partial charge on any atom is -0.334 e. The first-order chi connectivity index (χ1) is 15.0. The summed E-state index contributed by atoms with van der Waals surface area (Å²) in [4.78, 5) is 36.8. The number of aromatic nitrogens is 2. The highest BCUT2D eigenvalue weighted by atomic mass is 32.1. The Bertz CT molecular complexity index is 1200. The maximum atomic E-state index is 13.1. The summed E-state index contributed by atoms with van der Waals surface area (Å²) in [6.07, 6.45) is 0.692. The fraction of sp³-hybridized carbons (Fsp3) is 0.240. The highest BCUT2D eigenvalue weighted by Gasteiger charge is 2.17. The van der Waals surface area contributed by atoms with E-state index in [0.717, 1.165) is 26.4 Å². The van der Waals surface area contributed by atoms with E-state index in [1.807, 2.05) is 79.4 Å². The highest BCUT2D eigenvalue weighted by Crippen LogP contribution is 2.25. The standard InChI is InChI=1S/C25H25N3O2S/c1-17-18(2)31-25-23(17)24(30)26-21(27-25)13-14-22(29)28(15-19-9-5-3-6-10-19)16-20-11-7-4-8-12-20/h3-12H,13-16H2,1-2H3,(H,26,27,30). The van der Waals surface area contributed by atoms with E-state index < -0.39 is 0 Å². The Labute approximate surface area is 185 Å². The van der Waals surface area contributed by atoms with Crippen molar-refractivity contribution in [3.8, 4) is 0 Å². The van der Waals surface area contributed by atoms with Gasteiger partial charge in [-0.2, -0.15) is 0 Å². The van der Waals surface area contributed by atoms with E-state index in [0.29, 0.717) is 30.7 Å². The van der Waals surface area contributed by atoms with Gasteiger partial charge in [0.05, 0.1) is 5.39 Å². The van der Waals surface area contributed by atoms with Gasteiger partial charge in [-0.25, -0.2) is 4.98 Å². The Balaban J connectivity index is 1.51. The molecule has 0 saturated heterocycles. The van der Waals surface area contributed by atoms with Gasteiger partial charge < -0.3 is 9.88 Å². The predicted octanol–water partition coefficient (Wildman–Crippen LogP) is 4.76. The molecule has 0 bridgehead atoms. The van der Waals surface area contributed by atoms with Crippen LogP contribution >= 0.6 is 11.3 Å². The van der Waals surface area contributed by atoms with Gasteiger partial charge in [0.25, 0.3) is 5.56 Å². The van der Waals surface area contributed by atoms with Crippen molar-refractivity contribution in [2.45, 2.75) is 39.8 Å². The molecule has 0 radical (unpaired) electrons. The molecule has 4 aromatic rings. The van der Waals surface area contributed by atoms with Gasteiger partial charge >= 0.3 is 0 Å². The zero-order valence-corrected chi connectivity index (χ0v) is 18.5. The quantitative estimate of drug-likeness (QED) is 0.459.